The Morgan fingerprint density at radius 3 is 2.36 bits per heavy atom. The zero-order valence-electron chi connectivity index (χ0n) is 16.2. The molecule has 3 N–H and O–H groups in total. The Hall–Kier alpha value is -0.860. The zero-order valence-corrected chi connectivity index (χ0v) is 18.6. The summed E-state index contributed by atoms with van der Waals surface area (Å²) in [5.74, 6) is 0.744. The highest BCUT2D eigenvalue weighted by Crippen LogP contribution is 2.20. The first kappa shape index (κ1) is 24.1. The van der Waals surface area contributed by atoms with E-state index in [9.17, 15) is 5.11 Å². The molecule has 25 heavy (non-hydrogen) atoms. The molecule has 1 unspecified atom stereocenters. The van der Waals surface area contributed by atoms with Gasteiger partial charge in [-0.25, -0.2) is 4.99 Å². The lowest BCUT2D eigenvalue weighted by molar-refractivity contribution is 0.0672. The average Bonchev–Trinajstić information content (AvgIpc) is 2.57. The number of nitrogens with one attached hydrogen (secondary N) is 2. The Balaban J connectivity index is 0.00000576. The summed E-state index contributed by atoms with van der Waals surface area (Å²) < 4.78 is 0. The van der Waals surface area contributed by atoms with Crippen molar-refractivity contribution in [1.29, 1.82) is 0 Å². The lowest BCUT2D eigenvalue weighted by atomic mass is 9.96. The number of guanidine groups is 1. The summed E-state index contributed by atoms with van der Waals surface area (Å²) in [6.45, 7) is 14.4. The number of hydrogen-bond donors (Lipinski definition) is 3. The van der Waals surface area contributed by atoms with Crippen LogP contribution in [0.4, 0.5) is 0 Å². The van der Waals surface area contributed by atoms with Gasteiger partial charge in [0.1, 0.15) is 5.60 Å². The van der Waals surface area contributed by atoms with E-state index in [2.05, 4.69) is 41.3 Å². The van der Waals surface area contributed by atoms with E-state index in [1.54, 1.807) is 6.92 Å². The summed E-state index contributed by atoms with van der Waals surface area (Å²) in [5, 5.41) is 17.2. The average molecular weight is 462 g/mol. The van der Waals surface area contributed by atoms with E-state index in [1.165, 1.54) is 0 Å². The van der Waals surface area contributed by atoms with Crippen LogP contribution in [0.3, 0.4) is 0 Å². The van der Waals surface area contributed by atoms with Crippen molar-refractivity contribution in [1.82, 2.24) is 15.5 Å². The van der Waals surface area contributed by atoms with E-state index in [-0.39, 0.29) is 24.0 Å². The molecule has 0 saturated heterocycles. The fraction of sp³-hybridized carbons (Fsp3) is 0.632. The topological polar surface area (TPSA) is 59.9 Å². The van der Waals surface area contributed by atoms with Gasteiger partial charge in [-0.2, -0.15) is 0 Å². The maximum atomic E-state index is 10.7. The van der Waals surface area contributed by atoms with Gasteiger partial charge in [0.15, 0.2) is 5.96 Å². The standard InChI is InChI=1S/C19H34N4O.HI/c1-6-20-18(21-13-14-23(7-2)16(3)4)22-15-19(5,24)17-11-9-8-10-12-17;/h8-12,16,24H,6-7,13-15H2,1-5H3,(H2,20,21,22);1H. The zero-order chi connectivity index (χ0) is 18.0. The van der Waals surface area contributed by atoms with Gasteiger partial charge in [0.25, 0.3) is 0 Å². The molecule has 0 spiro atoms. The Morgan fingerprint density at radius 1 is 1.20 bits per heavy atom. The van der Waals surface area contributed by atoms with Crippen molar-refractivity contribution in [2.24, 2.45) is 4.99 Å². The number of benzene rings is 1. The summed E-state index contributed by atoms with van der Waals surface area (Å²) in [5.41, 5.74) is -0.0988. The third-order valence-corrected chi connectivity index (χ3v) is 4.11. The summed E-state index contributed by atoms with van der Waals surface area (Å²) >= 11 is 0. The van der Waals surface area contributed by atoms with Gasteiger partial charge in [0.2, 0.25) is 0 Å². The smallest absolute Gasteiger partial charge is 0.191 e. The molecular weight excluding hydrogens is 427 g/mol. The number of nitrogens with zero attached hydrogens (tertiary/aromatic N) is 2. The summed E-state index contributed by atoms with van der Waals surface area (Å²) in [4.78, 5) is 6.95. The van der Waals surface area contributed by atoms with Crippen LogP contribution >= 0.6 is 24.0 Å². The van der Waals surface area contributed by atoms with Gasteiger partial charge in [0.05, 0.1) is 6.54 Å². The van der Waals surface area contributed by atoms with Gasteiger partial charge >= 0.3 is 0 Å². The molecule has 1 atom stereocenters. The second-order valence-corrected chi connectivity index (χ2v) is 6.48. The van der Waals surface area contributed by atoms with Crippen molar-refractivity contribution in [2.75, 3.05) is 32.7 Å². The molecule has 1 aromatic carbocycles. The van der Waals surface area contributed by atoms with E-state index in [1.807, 2.05) is 37.3 Å². The van der Waals surface area contributed by atoms with Crippen LogP contribution in [0.5, 0.6) is 0 Å². The molecule has 0 aliphatic carbocycles. The van der Waals surface area contributed by atoms with Crippen LogP contribution in [-0.2, 0) is 5.60 Å². The predicted octanol–water partition coefficient (Wildman–Crippen LogP) is 2.80. The van der Waals surface area contributed by atoms with Gasteiger partial charge < -0.3 is 15.7 Å². The van der Waals surface area contributed by atoms with Crippen LogP contribution in [0.1, 0.15) is 40.2 Å². The minimum absolute atomic E-state index is 0. The van der Waals surface area contributed by atoms with Crippen molar-refractivity contribution < 1.29 is 5.11 Å². The molecule has 0 fully saturated rings. The van der Waals surface area contributed by atoms with Crippen LogP contribution in [0.2, 0.25) is 0 Å². The number of likely N-dealkylation sites (N-methyl/N-ethyl adjacent to an activating group) is 1. The molecule has 144 valence electrons. The van der Waals surface area contributed by atoms with Gasteiger partial charge in [-0.15, -0.1) is 24.0 Å². The van der Waals surface area contributed by atoms with E-state index in [4.69, 9.17) is 0 Å². The van der Waals surface area contributed by atoms with Crippen LogP contribution in [0.15, 0.2) is 35.3 Å². The SMILES string of the molecule is CCNC(=NCC(C)(O)c1ccccc1)NCCN(CC)C(C)C.I. The highest BCUT2D eigenvalue weighted by atomic mass is 127. The summed E-state index contributed by atoms with van der Waals surface area (Å²) in [7, 11) is 0. The normalized spacial score (nSPS) is 14.2. The molecule has 1 rings (SSSR count). The number of halogens is 1. The van der Waals surface area contributed by atoms with E-state index in [0.29, 0.717) is 12.6 Å². The minimum atomic E-state index is -0.975. The Morgan fingerprint density at radius 2 is 1.84 bits per heavy atom. The lowest BCUT2D eigenvalue weighted by Crippen LogP contribution is -2.43. The van der Waals surface area contributed by atoms with Crippen molar-refractivity contribution in [2.45, 2.75) is 46.3 Å². The third-order valence-electron chi connectivity index (χ3n) is 4.11. The van der Waals surface area contributed by atoms with Crippen molar-refractivity contribution in [3.8, 4) is 0 Å². The van der Waals surface area contributed by atoms with Crippen molar-refractivity contribution >= 4 is 29.9 Å². The van der Waals surface area contributed by atoms with Gasteiger partial charge in [-0.05, 0) is 39.8 Å². The molecule has 1 aromatic rings. The van der Waals surface area contributed by atoms with Gasteiger partial charge in [-0.3, -0.25) is 4.90 Å². The number of aliphatic hydroxyl groups is 1. The van der Waals surface area contributed by atoms with Gasteiger partial charge in [-0.1, -0.05) is 37.3 Å². The minimum Gasteiger partial charge on any atom is -0.384 e. The largest absolute Gasteiger partial charge is 0.384 e. The lowest BCUT2D eigenvalue weighted by Gasteiger charge is -2.25. The van der Waals surface area contributed by atoms with E-state index < -0.39 is 5.60 Å². The molecule has 0 aromatic heterocycles. The van der Waals surface area contributed by atoms with Crippen LogP contribution in [-0.4, -0.2) is 54.7 Å². The molecule has 5 nitrogen and oxygen atoms in total. The number of hydrogen-bond acceptors (Lipinski definition) is 3. The molecule has 0 bridgehead atoms. The first-order valence-corrected chi connectivity index (χ1v) is 8.94. The number of rotatable bonds is 9. The maximum absolute atomic E-state index is 10.7. The highest BCUT2D eigenvalue weighted by molar-refractivity contribution is 14.0. The Bertz CT molecular complexity index is 491. The van der Waals surface area contributed by atoms with Crippen molar-refractivity contribution in [3.63, 3.8) is 0 Å². The molecule has 6 heteroatoms. The van der Waals surface area contributed by atoms with Crippen LogP contribution in [0.25, 0.3) is 0 Å². The maximum Gasteiger partial charge on any atom is 0.191 e. The second kappa shape index (κ2) is 12.5. The predicted molar refractivity (Wildman–Crippen MR) is 118 cm³/mol. The Kier molecular flexibility index (Phi) is 12.1. The molecule has 0 aliphatic rings. The third kappa shape index (κ3) is 8.87. The van der Waals surface area contributed by atoms with Crippen molar-refractivity contribution in [3.05, 3.63) is 35.9 Å². The molecule has 0 saturated carbocycles. The second-order valence-electron chi connectivity index (χ2n) is 6.48. The Labute approximate surface area is 170 Å². The fourth-order valence-electron chi connectivity index (χ4n) is 2.56. The monoisotopic (exact) mass is 462 g/mol. The molecule has 0 aliphatic heterocycles. The first-order valence-electron chi connectivity index (χ1n) is 8.94. The summed E-state index contributed by atoms with van der Waals surface area (Å²) in [6, 6.07) is 10.2. The fourth-order valence-corrected chi connectivity index (χ4v) is 2.56. The molecular formula is C19H35IN4O. The van der Waals surface area contributed by atoms with Gasteiger partial charge in [0, 0.05) is 25.7 Å². The molecule has 0 heterocycles. The van der Waals surface area contributed by atoms with E-state index in [0.717, 1.165) is 37.7 Å². The summed E-state index contributed by atoms with van der Waals surface area (Å²) in [6.07, 6.45) is 0. The van der Waals surface area contributed by atoms with E-state index >= 15 is 0 Å². The van der Waals surface area contributed by atoms with Crippen LogP contribution in [0, 0.1) is 0 Å². The molecule has 0 amide bonds. The quantitative estimate of drug-likeness (QED) is 0.300. The first-order chi connectivity index (χ1) is 11.4. The number of aliphatic imine (C=N–C) groups is 1. The molecule has 0 radical (unpaired) electrons. The van der Waals surface area contributed by atoms with Crippen LogP contribution < -0.4 is 10.6 Å². The highest BCUT2D eigenvalue weighted by Gasteiger charge is 2.22.